The monoisotopic (exact) mass is 487 g/mol. The van der Waals surface area contributed by atoms with Crippen molar-refractivity contribution in [3.63, 3.8) is 0 Å². The third kappa shape index (κ3) is 5.16. The third-order valence-corrected chi connectivity index (χ3v) is 6.81. The highest BCUT2D eigenvalue weighted by Crippen LogP contribution is 2.41. The molecule has 0 saturated carbocycles. The molecular weight excluding hydrogens is 458 g/mol. The topological polar surface area (TPSA) is 46.6 Å². The maximum absolute atomic E-state index is 13.1. The molecular formula is C33H29NO3. The fourth-order valence-electron chi connectivity index (χ4n) is 5.01. The lowest BCUT2D eigenvalue weighted by molar-refractivity contribution is -0.142. The van der Waals surface area contributed by atoms with Crippen molar-refractivity contribution in [2.75, 3.05) is 6.61 Å². The summed E-state index contributed by atoms with van der Waals surface area (Å²) in [7, 11) is 0. The Balaban J connectivity index is 1.48. The number of carbonyl (C=O) groups is 2. The highest BCUT2D eigenvalue weighted by molar-refractivity contribution is 6.04. The zero-order valence-corrected chi connectivity index (χ0v) is 20.6. The molecule has 1 atom stereocenters. The highest BCUT2D eigenvalue weighted by atomic mass is 16.5. The Labute approximate surface area is 217 Å². The first-order valence-corrected chi connectivity index (χ1v) is 12.6. The van der Waals surface area contributed by atoms with Crippen LogP contribution >= 0.6 is 0 Å². The molecule has 4 heteroatoms. The average molecular weight is 488 g/mol. The second-order valence-corrected chi connectivity index (χ2v) is 9.13. The van der Waals surface area contributed by atoms with Crippen molar-refractivity contribution >= 4 is 17.9 Å². The van der Waals surface area contributed by atoms with E-state index in [4.69, 9.17) is 4.74 Å². The van der Waals surface area contributed by atoms with E-state index >= 15 is 0 Å². The molecule has 0 unspecified atom stereocenters. The minimum Gasteiger partial charge on any atom is -0.359 e. The lowest BCUT2D eigenvalue weighted by atomic mass is 9.80. The van der Waals surface area contributed by atoms with Gasteiger partial charge in [-0.25, -0.2) is 0 Å². The van der Waals surface area contributed by atoms with Gasteiger partial charge in [-0.1, -0.05) is 121 Å². The molecule has 1 saturated heterocycles. The number of nitrogens with zero attached hydrogens (tertiary/aromatic N) is 1. The van der Waals surface area contributed by atoms with Gasteiger partial charge in [0.1, 0.15) is 5.60 Å². The minimum atomic E-state index is -0.899. The molecule has 0 aromatic heterocycles. The Kier molecular flexibility index (Phi) is 7.38. The second-order valence-electron chi connectivity index (χ2n) is 9.13. The number of amides is 2. The summed E-state index contributed by atoms with van der Waals surface area (Å²) in [4.78, 5) is 27.3. The molecule has 5 rings (SSSR count). The van der Waals surface area contributed by atoms with Crippen molar-refractivity contribution in [2.24, 2.45) is 0 Å². The SMILES string of the molecule is O=C(/C=C/c1ccccc1)N1C(=O)CC[C@H]1COC(c1ccccc1)(c1ccccc1)c1ccccc1. The van der Waals surface area contributed by atoms with Gasteiger partial charge in [0, 0.05) is 12.5 Å². The van der Waals surface area contributed by atoms with Crippen LogP contribution < -0.4 is 0 Å². The molecule has 4 nitrogen and oxygen atoms in total. The van der Waals surface area contributed by atoms with Gasteiger partial charge in [0.25, 0.3) is 5.91 Å². The number of ether oxygens (including phenoxy) is 1. The number of hydrogen-bond donors (Lipinski definition) is 0. The lowest BCUT2D eigenvalue weighted by Crippen LogP contribution is -2.43. The normalized spacial score (nSPS) is 15.8. The van der Waals surface area contributed by atoms with Crippen LogP contribution in [0.1, 0.15) is 35.1 Å². The Morgan fingerprint density at radius 1 is 0.757 bits per heavy atom. The van der Waals surface area contributed by atoms with Crippen LogP contribution in [0, 0.1) is 0 Å². The largest absolute Gasteiger partial charge is 0.359 e. The van der Waals surface area contributed by atoms with E-state index in [2.05, 4.69) is 36.4 Å². The molecule has 184 valence electrons. The molecule has 0 spiro atoms. The van der Waals surface area contributed by atoms with Crippen molar-refractivity contribution < 1.29 is 14.3 Å². The first-order chi connectivity index (χ1) is 18.2. The summed E-state index contributed by atoms with van der Waals surface area (Å²) in [6, 6.07) is 39.6. The summed E-state index contributed by atoms with van der Waals surface area (Å²) < 4.78 is 6.89. The van der Waals surface area contributed by atoms with Crippen LogP contribution in [0.15, 0.2) is 127 Å². The minimum absolute atomic E-state index is 0.166. The van der Waals surface area contributed by atoms with Crippen LogP contribution in [0.4, 0.5) is 0 Å². The molecule has 0 bridgehead atoms. The fourth-order valence-corrected chi connectivity index (χ4v) is 5.01. The van der Waals surface area contributed by atoms with Crippen molar-refractivity contribution in [3.05, 3.63) is 150 Å². The van der Waals surface area contributed by atoms with Crippen LogP contribution in [0.3, 0.4) is 0 Å². The van der Waals surface area contributed by atoms with E-state index in [0.717, 1.165) is 22.3 Å². The van der Waals surface area contributed by atoms with Crippen molar-refractivity contribution in [2.45, 2.75) is 24.5 Å². The first-order valence-electron chi connectivity index (χ1n) is 12.6. The highest BCUT2D eigenvalue weighted by Gasteiger charge is 2.41. The molecule has 1 aliphatic heterocycles. The Hall–Kier alpha value is -4.28. The van der Waals surface area contributed by atoms with E-state index in [1.54, 1.807) is 6.08 Å². The van der Waals surface area contributed by atoms with Gasteiger partial charge in [-0.15, -0.1) is 0 Å². The van der Waals surface area contributed by atoms with Gasteiger partial charge in [0.05, 0.1) is 12.6 Å². The molecule has 1 heterocycles. The molecule has 1 aliphatic rings. The van der Waals surface area contributed by atoms with Gasteiger partial charge < -0.3 is 4.74 Å². The van der Waals surface area contributed by atoms with E-state index in [9.17, 15) is 9.59 Å². The molecule has 37 heavy (non-hydrogen) atoms. The molecule has 1 fully saturated rings. The van der Waals surface area contributed by atoms with E-state index in [1.807, 2.05) is 84.9 Å². The fraction of sp³-hybridized carbons (Fsp3) is 0.152. The number of hydrogen-bond acceptors (Lipinski definition) is 3. The van der Waals surface area contributed by atoms with Gasteiger partial charge in [-0.3, -0.25) is 14.5 Å². The standard InChI is InChI=1S/C33H29NO3/c35-31(23-21-26-13-5-1-6-14-26)34-30(22-24-32(34)36)25-37-33(27-15-7-2-8-16-27,28-17-9-3-10-18-28)29-19-11-4-12-20-29/h1-21,23,30H,22,24-25H2/b23-21+/t30-/m0/s1. The number of benzene rings is 4. The van der Waals surface area contributed by atoms with Crippen molar-refractivity contribution in [1.82, 2.24) is 4.90 Å². The zero-order valence-electron chi connectivity index (χ0n) is 20.6. The molecule has 4 aromatic rings. The van der Waals surface area contributed by atoms with Crippen LogP contribution in [-0.2, 0) is 19.9 Å². The number of likely N-dealkylation sites (tertiary alicyclic amines) is 1. The van der Waals surface area contributed by atoms with Gasteiger partial charge >= 0.3 is 0 Å². The molecule has 0 aliphatic carbocycles. The summed E-state index contributed by atoms with van der Waals surface area (Å²) in [5.74, 6) is -0.481. The third-order valence-electron chi connectivity index (χ3n) is 6.81. The molecule has 4 aromatic carbocycles. The van der Waals surface area contributed by atoms with E-state index in [0.29, 0.717) is 12.8 Å². The summed E-state index contributed by atoms with van der Waals surface area (Å²) in [5.41, 5.74) is 2.96. The summed E-state index contributed by atoms with van der Waals surface area (Å²) in [6.45, 7) is 0.218. The van der Waals surface area contributed by atoms with Crippen LogP contribution in [-0.4, -0.2) is 29.4 Å². The first kappa shape index (κ1) is 24.4. The van der Waals surface area contributed by atoms with E-state index in [1.165, 1.54) is 11.0 Å². The summed E-state index contributed by atoms with van der Waals surface area (Å²) in [5, 5.41) is 0. The molecule has 0 radical (unpaired) electrons. The lowest BCUT2D eigenvalue weighted by Gasteiger charge is -2.37. The van der Waals surface area contributed by atoms with Crippen LogP contribution in [0.5, 0.6) is 0 Å². The Morgan fingerprint density at radius 3 is 1.70 bits per heavy atom. The van der Waals surface area contributed by atoms with Gasteiger partial charge in [0.15, 0.2) is 0 Å². The number of imide groups is 1. The Morgan fingerprint density at radius 2 is 1.22 bits per heavy atom. The average Bonchev–Trinajstić information content (AvgIpc) is 3.34. The quantitative estimate of drug-likeness (QED) is 0.219. The molecule has 2 amide bonds. The van der Waals surface area contributed by atoms with Gasteiger partial charge in [-0.05, 0) is 34.8 Å². The maximum atomic E-state index is 13.1. The van der Waals surface area contributed by atoms with Gasteiger partial charge in [-0.2, -0.15) is 0 Å². The van der Waals surface area contributed by atoms with Crippen molar-refractivity contribution in [1.29, 1.82) is 0 Å². The maximum Gasteiger partial charge on any atom is 0.253 e. The number of rotatable bonds is 8. The summed E-state index contributed by atoms with van der Waals surface area (Å²) >= 11 is 0. The van der Waals surface area contributed by atoms with Crippen LogP contribution in [0.25, 0.3) is 6.08 Å². The smallest absolute Gasteiger partial charge is 0.253 e. The number of carbonyl (C=O) groups excluding carboxylic acids is 2. The summed E-state index contributed by atoms with van der Waals surface area (Å²) in [6.07, 6.45) is 4.12. The Bertz CT molecular complexity index is 1260. The molecule has 0 N–H and O–H groups in total. The van der Waals surface area contributed by atoms with E-state index < -0.39 is 5.60 Å². The predicted molar refractivity (Wildman–Crippen MR) is 146 cm³/mol. The van der Waals surface area contributed by atoms with Crippen molar-refractivity contribution in [3.8, 4) is 0 Å². The van der Waals surface area contributed by atoms with Gasteiger partial charge in [0.2, 0.25) is 5.91 Å². The van der Waals surface area contributed by atoms with Crippen LogP contribution in [0.2, 0.25) is 0 Å². The van der Waals surface area contributed by atoms with E-state index in [-0.39, 0.29) is 24.5 Å². The second kappa shape index (κ2) is 11.2. The predicted octanol–water partition coefficient (Wildman–Crippen LogP) is 6.23. The zero-order chi connectivity index (χ0) is 25.5.